The maximum absolute atomic E-state index is 13.9. The molecule has 1 amide bonds. The number of aromatic nitrogens is 4. The van der Waals surface area contributed by atoms with Gasteiger partial charge in [0, 0.05) is 0 Å². The number of amides is 1. The number of carbonyl (C=O) groups is 2. The molecule has 1 N–H and O–H groups in total. The molecule has 2 bridgehead atoms. The lowest BCUT2D eigenvalue weighted by Gasteiger charge is -2.29. The summed E-state index contributed by atoms with van der Waals surface area (Å²) in [6, 6.07) is 13.8. The highest BCUT2D eigenvalue weighted by Gasteiger charge is 2.68. The molecule has 2 saturated heterocycles. The molecule has 0 saturated carbocycles. The summed E-state index contributed by atoms with van der Waals surface area (Å²) < 4.78 is 18.2. The first-order valence-electron chi connectivity index (χ1n) is 11.4. The molecule has 0 radical (unpaired) electrons. The zero-order chi connectivity index (χ0) is 25.0. The molecule has 11 nitrogen and oxygen atoms in total. The highest BCUT2D eigenvalue weighted by Crippen LogP contribution is 2.53. The van der Waals surface area contributed by atoms with Gasteiger partial charge in [0.2, 0.25) is 5.91 Å². The van der Waals surface area contributed by atoms with E-state index in [9.17, 15) is 14.7 Å². The molecule has 2 fully saturated rings. The van der Waals surface area contributed by atoms with Crippen LogP contribution in [0.15, 0.2) is 60.7 Å². The number of tetrazole rings is 1. The van der Waals surface area contributed by atoms with Gasteiger partial charge < -0.3 is 24.2 Å². The average molecular weight is 489 g/mol. The molecule has 3 aliphatic rings. The lowest BCUT2D eigenvalue weighted by molar-refractivity contribution is -0.148. The van der Waals surface area contributed by atoms with Crippen LogP contribution in [0.5, 0.6) is 11.5 Å². The van der Waals surface area contributed by atoms with E-state index in [0.717, 1.165) is 5.56 Å². The number of fused-ring (bicyclic) bond motifs is 1. The maximum atomic E-state index is 13.9. The fourth-order valence-electron chi connectivity index (χ4n) is 5.56. The summed E-state index contributed by atoms with van der Waals surface area (Å²) in [7, 11) is 3.16. The van der Waals surface area contributed by atoms with Crippen LogP contribution in [0.3, 0.4) is 0 Å². The van der Waals surface area contributed by atoms with Crippen molar-refractivity contribution < 1.29 is 28.9 Å². The number of rotatable bonds is 7. The predicted molar refractivity (Wildman–Crippen MR) is 124 cm³/mol. The van der Waals surface area contributed by atoms with Crippen molar-refractivity contribution >= 4 is 11.9 Å². The lowest BCUT2D eigenvalue weighted by atomic mass is 9.77. The van der Waals surface area contributed by atoms with Crippen molar-refractivity contribution in [3.63, 3.8) is 0 Å². The van der Waals surface area contributed by atoms with E-state index in [1.54, 1.807) is 54.1 Å². The van der Waals surface area contributed by atoms with Crippen LogP contribution in [0.1, 0.15) is 17.4 Å². The van der Waals surface area contributed by atoms with Crippen LogP contribution in [0.2, 0.25) is 0 Å². The minimum absolute atomic E-state index is 0.180. The largest absolute Gasteiger partial charge is 0.497 e. The fraction of sp³-hybridized carbons (Fsp3) is 0.320. The first-order valence-corrected chi connectivity index (χ1v) is 11.4. The van der Waals surface area contributed by atoms with E-state index in [4.69, 9.17) is 14.2 Å². The van der Waals surface area contributed by atoms with Crippen molar-refractivity contribution in [3.05, 3.63) is 72.1 Å². The van der Waals surface area contributed by atoms with E-state index in [2.05, 4.69) is 15.5 Å². The first-order chi connectivity index (χ1) is 17.5. The third-order valence-corrected chi connectivity index (χ3v) is 7.21. The second-order valence-electron chi connectivity index (χ2n) is 9.03. The number of carbonyl (C=O) groups excluding carboxylic acids is 1. The molecule has 2 aromatic carbocycles. The number of carboxylic acids is 1. The van der Waals surface area contributed by atoms with Crippen molar-refractivity contribution in [1.29, 1.82) is 0 Å². The normalized spacial score (nSPS) is 26.8. The Labute approximate surface area is 205 Å². The molecule has 3 aromatic rings. The van der Waals surface area contributed by atoms with Gasteiger partial charge in [0.05, 0.1) is 38.5 Å². The average Bonchev–Trinajstić information content (AvgIpc) is 3.67. The quantitative estimate of drug-likeness (QED) is 0.492. The predicted octanol–water partition coefficient (Wildman–Crippen LogP) is 1.64. The molecule has 4 heterocycles. The Morgan fingerprint density at radius 2 is 1.78 bits per heavy atom. The molecule has 5 atom stereocenters. The fourth-order valence-corrected chi connectivity index (χ4v) is 5.56. The number of benzene rings is 2. The number of likely N-dealkylation sites (tertiary alicyclic amines) is 1. The van der Waals surface area contributed by atoms with E-state index in [1.807, 2.05) is 30.3 Å². The molecule has 0 unspecified atom stereocenters. The number of hydrogen-bond donors (Lipinski definition) is 1. The van der Waals surface area contributed by atoms with Crippen molar-refractivity contribution in [2.24, 2.45) is 11.8 Å². The molecule has 1 spiro atoms. The van der Waals surface area contributed by atoms with Gasteiger partial charge in [-0.15, -0.1) is 5.10 Å². The van der Waals surface area contributed by atoms with Gasteiger partial charge in [-0.05, 0) is 52.4 Å². The number of nitrogens with zero attached hydrogens (tertiary/aromatic N) is 5. The van der Waals surface area contributed by atoms with Crippen LogP contribution < -0.4 is 9.47 Å². The Kier molecular flexibility index (Phi) is 5.04. The summed E-state index contributed by atoms with van der Waals surface area (Å²) in [5.41, 5.74) is 0.434. The Morgan fingerprint density at radius 3 is 2.42 bits per heavy atom. The minimum atomic E-state index is -1.05. The summed E-state index contributed by atoms with van der Waals surface area (Å²) in [4.78, 5) is 27.6. The van der Waals surface area contributed by atoms with Gasteiger partial charge in [-0.25, -0.2) is 0 Å². The van der Waals surface area contributed by atoms with E-state index >= 15 is 0 Å². The standard InChI is InChI=1S/C25H23N5O6/c1-34-16-7-3-14(4-8-16)21(22-26-27-28-30(22)15-5-9-17(35-2)10-6-15)29-13-25-12-11-18(36-25)19(24(32)33)20(25)23(29)31/h3-12,18-21H,13H2,1-2H3,(H,32,33)/t18-,19+,20-,21+,25-/m1/s1. The van der Waals surface area contributed by atoms with Crippen molar-refractivity contribution in [3.8, 4) is 17.2 Å². The summed E-state index contributed by atoms with van der Waals surface area (Å²) in [6.45, 7) is 0.180. The lowest BCUT2D eigenvalue weighted by Crippen LogP contribution is -2.39. The Morgan fingerprint density at radius 1 is 1.11 bits per heavy atom. The summed E-state index contributed by atoms with van der Waals surface area (Å²) in [6.07, 6.45) is 2.97. The van der Waals surface area contributed by atoms with Crippen LogP contribution in [0.25, 0.3) is 5.69 Å². The minimum Gasteiger partial charge on any atom is -0.497 e. The van der Waals surface area contributed by atoms with E-state index < -0.39 is 35.6 Å². The second-order valence-corrected chi connectivity index (χ2v) is 9.03. The summed E-state index contributed by atoms with van der Waals surface area (Å²) in [5.74, 6) is -1.37. The Balaban J connectivity index is 1.46. The summed E-state index contributed by atoms with van der Waals surface area (Å²) in [5, 5.41) is 22.3. The zero-order valence-electron chi connectivity index (χ0n) is 19.5. The van der Waals surface area contributed by atoms with Gasteiger partial charge in [0.25, 0.3) is 0 Å². The number of ether oxygens (including phenoxy) is 3. The van der Waals surface area contributed by atoms with Crippen molar-refractivity contribution in [2.45, 2.75) is 17.7 Å². The van der Waals surface area contributed by atoms with Gasteiger partial charge in [-0.2, -0.15) is 4.68 Å². The Bertz CT molecular complexity index is 1350. The van der Waals surface area contributed by atoms with Crippen LogP contribution >= 0.6 is 0 Å². The molecule has 11 heteroatoms. The Hall–Kier alpha value is -4.25. The van der Waals surface area contributed by atoms with Gasteiger partial charge in [0.15, 0.2) is 5.82 Å². The van der Waals surface area contributed by atoms with Crippen LogP contribution in [-0.2, 0) is 14.3 Å². The van der Waals surface area contributed by atoms with Crippen LogP contribution in [0.4, 0.5) is 0 Å². The SMILES string of the molecule is COc1ccc([C@@H](c2nnnn2-c2ccc(OC)cc2)N2C[C@@]34C=C[C@@H](O3)[C@H](C(=O)O)[C@@H]4C2=O)cc1. The molecule has 184 valence electrons. The molecule has 36 heavy (non-hydrogen) atoms. The highest BCUT2D eigenvalue weighted by molar-refractivity contribution is 5.91. The third-order valence-electron chi connectivity index (χ3n) is 7.21. The monoisotopic (exact) mass is 489 g/mol. The topological polar surface area (TPSA) is 129 Å². The smallest absolute Gasteiger partial charge is 0.310 e. The van der Waals surface area contributed by atoms with Gasteiger partial charge >= 0.3 is 5.97 Å². The number of methoxy groups -OCH3 is 2. The van der Waals surface area contributed by atoms with Crippen molar-refractivity contribution in [2.75, 3.05) is 20.8 Å². The molecular weight excluding hydrogens is 466 g/mol. The summed E-state index contributed by atoms with van der Waals surface area (Å²) >= 11 is 0. The van der Waals surface area contributed by atoms with E-state index in [0.29, 0.717) is 23.0 Å². The molecular formula is C25H23N5O6. The van der Waals surface area contributed by atoms with Gasteiger partial charge in [-0.3, -0.25) is 9.59 Å². The number of hydrogen-bond acceptors (Lipinski definition) is 8. The highest BCUT2D eigenvalue weighted by atomic mass is 16.5. The van der Waals surface area contributed by atoms with Gasteiger partial charge in [0.1, 0.15) is 29.1 Å². The van der Waals surface area contributed by atoms with Crippen molar-refractivity contribution in [1.82, 2.24) is 25.1 Å². The zero-order valence-corrected chi connectivity index (χ0v) is 19.5. The molecule has 6 rings (SSSR count). The molecule has 3 aliphatic heterocycles. The van der Waals surface area contributed by atoms with E-state index in [1.165, 1.54) is 0 Å². The number of carboxylic acid groups (broad SMARTS) is 1. The second kappa shape index (κ2) is 8.16. The first kappa shape index (κ1) is 22.2. The molecule has 0 aliphatic carbocycles. The molecule has 1 aromatic heterocycles. The van der Waals surface area contributed by atoms with Crippen LogP contribution in [0, 0.1) is 11.8 Å². The van der Waals surface area contributed by atoms with Gasteiger partial charge in [-0.1, -0.05) is 24.3 Å². The van der Waals surface area contributed by atoms with Crippen LogP contribution in [-0.4, -0.2) is 74.6 Å². The maximum Gasteiger partial charge on any atom is 0.310 e. The van der Waals surface area contributed by atoms with E-state index in [-0.39, 0.29) is 12.5 Å². The number of aliphatic carboxylic acids is 1. The third kappa shape index (κ3) is 3.19.